The molecule has 0 N–H and O–H groups in total. The molecule has 0 bridgehead atoms. The minimum Gasteiger partial charge on any atom is -0.367 e. The van der Waals surface area contributed by atoms with Crippen molar-refractivity contribution in [1.82, 2.24) is 9.97 Å². The first-order chi connectivity index (χ1) is 9.59. The molecule has 2 rings (SSSR count). The van der Waals surface area contributed by atoms with Gasteiger partial charge >= 0.3 is 0 Å². The molecule has 0 aromatic carbocycles. The fourth-order valence-electron chi connectivity index (χ4n) is 3.23. The van der Waals surface area contributed by atoms with Crippen LogP contribution >= 0.6 is 11.6 Å². The molecule has 0 amide bonds. The van der Waals surface area contributed by atoms with Gasteiger partial charge in [0.15, 0.2) is 5.82 Å². The highest BCUT2D eigenvalue weighted by atomic mass is 35.5. The third kappa shape index (κ3) is 3.50. The lowest BCUT2D eigenvalue weighted by atomic mass is 9.78. The Morgan fingerprint density at radius 3 is 2.85 bits per heavy atom. The van der Waals surface area contributed by atoms with Crippen LogP contribution in [0.4, 0.5) is 0 Å². The molecule has 1 saturated carbocycles. The Balaban J connectivity index is 2.37. The Bertz CT molecular complexity index is 448. The Morgan fingerprint density at radius 2 is 2.20 bits per heavy atom. The van der Waals surface area contributed by atoms with Crippen molar-refractivity contribution >= 4 is 11.6 Å². The third-order valence-electron chi connectivity index (χ3n) is 4.04. The number of aryl methyl sites for hydroxylation is 1. The second-order valence-electron chi connectivity index (χ2n) is 5.88. The summed E-state index contributed by atoms with van der Waals surface area (Å²) in [5.41, 5.74) is 0.694. The van der Waals surface area contributed by atoms with Crippen LogP contribution in [0.25, 0.3) is 0 Å². The highest BCUT2D eigenvalue weighted by Gasteiger charge is 2.40. The molecule has 2 unspecified atom stereocenters. The molecular weight excluding hydrogens is 272 g/mol. The second kappa shape index (κ2) is 6.86. The quantitative estimate of drug-likeness (QED) is 0.749. The Kier molecular flexibility index (Phi) is 5.39. The molecular formula is C16H25ClN2O. The maximum absolute atomic E-state index is 6.20. The van der Waals surface area contributed by atoms with Crippen LogP contribution in [0.2, 0.25) is 5.15 Å². The lowest BCUT2D eigenvalue weighted by Gasteiger charge is -2.38. The second-order valence-corrected chi connectivity index (χ2v) is 6.27. The normalized spacial score (nSPS) is 26.7. The van der Waals surface area contributed by atoms with E-state index in [1.807, 2.05) is 13.0 Å². The summed E-state index contributed by atoms with van der Waals surface area (Å²) >= 11 is 6.20. The molecule has 0 spiro atoms. The Morgan fingerprint density at radius 1 is 1.40 bits per heavy atom. The summed E-state index contributed by atoms with van der Waals surface area (Å²) in [6.07, 6.45) is 6.42. The molecule has 1 heterocycles. The SMILES string of the molecule is CCCc1cc(Cl)nc(C2(OCC)CCCC(C)C2)n1. The summed E-state index contributed by atoms with van der Waals surface area (Å²) in [4.78, 5) is 9.25. The zero-order valence-electron chi connectivity index (χ0n) is 12.8. The molecule has 112 valence electrons. The number of halogens is 1. The molecule has 0 saturated heterocycles. The highest BCUT2D eigenvalue weighted by Crippen LogP contribution is 2.41. The van der Waals surface area contributed by atoms with Crippen molar-refractivity contribution in [2.24, 2.45) is 5.92 Å². The van der Waals surface area contributed by atoms with Gasteiger partial charge in [0.1, 0.15) is 10.8 Å². The number of hydrogen-bond acceptors (Lipinski definition) is 3. The van der Waals surface area contributed by atoms with Gasteiger partial charge in [-0.15, -0.1) is 0 Å². The van der Waals surface area contributed by atoms with E-state index in [1.54, 1.807) is 0 Å². The van der Waals surface area contributed by atoms with Gasteiger partial charge in [-0.05, 0) is 44.6 Å². The number of aromatic nitrogens is 2. The molecule has 1 aliphatic rings. The number of nitrogens with zero attached hydrogens (tertiary/aromatic N) is 2. The van der Waals surface area contributed by atoms with Crippen LogP contribution in [-0.2, 0) is 16.8 Å². The molecule has 4 heteroatoms. The van der Waals surface area contributed by atoms with E-state index in [-0.39, 0.29) is 5.60 Å². The van der Waals surface area contributed by atoms with E-state index in [0.717, 1.165) is 37.2 Å². The highest BCUT2D eigenvalue weighted by molar-refractivity contribution is 6.29. The molecule has 1 fully saturated rings. The van der Waals surface area contributed by atoms with E-state index < -0.39 is 0 Å². The van der Waals surface area contributed by atoms with Crippen LogP contribution in [0.15, 0.2) is 6.07 Å². The zero-order chi connectivity index (χ0) is 14.6. The number of ether oxygens (including phenoxy) is 1. The summed E-state index contributed by atoms with van der Waals surface area (Å²) in [6, 6.07) is 1.88. The standard InChI is InChI=1S/C16H25ClN2O/c1-4-7-13-10-14(17)19-15(18-13)16(20-5-2)9-6-8-12(3)11-16/h10,12H,4-9,11H2,1-3H3. The smallest absolute Gasteiger partial charge is 0.162 e. The van der Waals surface area contributed by atoms with Gasteiger partial charge in [0.2, 0.25) is 0 Å². The maximum atomic E-state index is 6.20. The van der Waals surface area contributed by atoms with Gasteiger partial charge in [-0.1, -0.05) is 38.3 Å². The molecule has 20 heavy (non-hydrogen) atoms. The lowest BCUT2D eigenvalue weighted by molar-refractivity contribution is -0.0882. The predicted octanol–water partition coefficient (Wildman–Crippen LogP) is 4.52. The lowest BCUT2D eigenvalue weighted by Crippen LogP contribution is -2.37. The summed E-state index contributed by atoms with van der Waals surface area (Å²) in [5.74, 6) is 1.44. The van der Waals surface area contributed by atoms with Gasteiger partial charge in [-0.2, -0.15) is 0 Å². The van der Waals surface area contributed by atoms with Crippen molar-refractivity contribution in [3.05, 3.63) is 22.7 Å². The summed E-state index contributed by atoms with van der Waals surface area (Å²) in [6.45, 7) is 7.16. The summed E-state index contributed by atoms with van der Waals surface area (Å²) in [5, 5.41) is 0.538. The first kappa shape index (κ1) is 15.7. The first-order valence-corrected chi connectivity index (χ1v) is 8.15. The van der Waals surface area contributed by atoms with E-state index in [1.165, 1.54) is 12.8 Å². The molecule has 0 aliphatic heterocycles. The van der Waals surface area contributed by atoms with Gasteiger partial charge < -0.3 is 4.74 Å². The number of rotatable bonds is 5. The fraction of sp³-hybridized carbons (Fsp3) is 0.750. The third-order valence-corrected chi connectivity index (χ3v) is 4.23. The van der Waals surface area contributed by atoms with E-state index in [4.69, 9.17) is 21.3 Å². The van der Waals surface area contributed by atoms with Crippen molar-refractivity contribution in [2.75, 3.05) is 6.61 Å². The summed E-state index contributed by atoms with van der Waals surface area (Å²) in [7, 11) is 0. The van der Waals surface area contributed by atoms with Gasteiger partial charge in [0, 0.05) is 12.3 Å². The van der Waals surface area contributed by atoms with Crippen LogP contribution in [0.5, 0.6) is 0 Å². The average molecular weight is 297 g/mol. The molecule has 3 nitrogen and oxygen atoms in total. The van der Waals surface area contributed by atoms with Crippen molar-refractivity contribution in [1.29, 1.82) is 0 Å². The van der Waals surface area contributed by atoms with Crippen molar-refractivity contribution < 1.29 is 4.74 Å². The maximum Gasteiger partial charge on any atom is 0.162 e. The van der Waals surface area contributed by atoms with Crippen molar-refractivity contribution in [3.63, 3.8) is 0 Å². The van der Waals surface area contributed by atoms with Crippen LogP contribution in [0.1, 0.15) is 64.4 Å². The van der Waals surface area contributed by atoms with E-state index in [9.17, 15) is 0 Å². The minimum atomic E-state index is -0.334. The number of hydrogen-bond donors (Lipinski definition) is 0. The van der Waals surface area contributed by atoms with E-state index in [0.29, 0.717) is 17.7 Å². The molecule has 1 aromatic rings. The van der Waals surface area contributed by atoms with Crippen LogP contribution in [0, 0.1) is 5.92 Å². The van der Waals surface area contributed by atoms with Crippen molar-refractivity contribution in [3.8, 4) is 0 Å². The zero-order valence-corrected chi connectivity index (χ0v) is 13.5. The monoisotopic (exact) mass is 296 g/mol. The van der Waals surface area contributed by atoms with Crippen molar-refractivity contribution in [2.45, 2.75) is 64.9 Å². The molecule has 1 aromatic heterocycles. The van der Waals surface area contributed by atoms with Gasteiger partial charge in [-0.3, -0.25) is 0 Å². The van der Waals surface area contributed by atoms with Gasteiger partial charge in [-0.25, -0.2) is 9.97 Å². The Labute approximate surface area is 127 Å². The van der Waals surface area contributed by atoms with Gasteiger partial charge in [0.25, 0.3) is 0 Å². The summed E-state index contributed by atoms with van der Waals surface area (Å²) < 4.78 is 6.13. The van der Waals surface area contributed by atoms with Crippen LogP contribution < -0.4 is 0 Å². The predicted molar refractivity (Wildman–Crippen MR) is 82.0 cm³/mol. The molecule has 1 aliphatic carbocycles. The van der Waals surface area contributed by atoms with Gasteiger partial charge in [0.05, 0.1) is 0 Å². The fourth-order valence-corrected chi connectivity index (χ4v) is 3.44. The largest absolute Gasteiger partial charge is 0.367 e. The van der Waals surface area contributed by atoms with Crippen LogP contribution in [-0.4, -0.2) is 16.6 Å². The Hall–Kier alpha value is -0.670. The average Bonchev–Trinajstić information content (AvgIpc) is 2.39. The van der Waals surface area contributed by atoms with Crippen LogP contribution in [0.3, 0.4) is 0 Å². The van der Waals surface area contributed by atoms with E-state index in [2.05, 4.69) is 18.8 Å². The van der Waals surface area contributed by atoms with E-state index >= 15 is 0 Å². The molecule has 0 radical (unpaired) electrons. The topological polar surface area (TPSA) is 35.0 Å². The minimum absolute atomic E-state index is 0.334. The molecule has 2 atom stereocenters. The first-order valence-electron chi connectivity index (χ1n) is 7.77.